The summed E-state index contributed by atoms with van der Waals surface area (Å²) < 4.78 is 10.9. The molecule has 1 aliphatic rings. The van der Waals surface area contributed by atoms with Crippen LogP contribution in [0.2, 0.25) is 0 Å². The zero-order chi connectivity index (χ0) is 19.5. The Morgan fingerprint density at radius 1 is 1.18 bits per heavy atom. The van der Waals surface area contributed by atoms with E-state index in [2.05, 4.69) is 15.2 Å². The predicted molar refractivity (Wildman–Crippen MR) is 105 cm³/mol. The number of aromatic nitrogens is 3. The minimum Gasteiger partial charge on any atom is -0.497 e. The zero-order valence-electron chi connectivity index (χ0n) is 15.9. The molecule has 0 bridgehead atoms. The Morgan fingerprint density at radius 3 is 2.79 bits per heavy atom. The second-order valence-corrected chi connectivity index (χ2v) is 6.72. The summed E-state index contributed by atoms with van der Waals surface area (Å²) in [6.07, 6.45) is 2.32. The largest absolute Gasteiger partial charge is 0.497 e. The first kappa shape index (κ1) is 18.0. The third-order valence-electron chi connectivity index (χ3n) is 5.18. The summed E-state index contributed by atoms with van der Waals surface area (Å²) in [6, 6.07) is 13.3. The fraction of sp³-hybridized carbons (Fsp3) is 0.286. The number of likely N-dealkylation sites (tertiary alicyclic amines) is 1. The van der Waals surface area contributed by atoms with E-state index in [1.807, 2.05) is 47.4 Å². The molecule has 1 unspecified atom stereocenters. The molecule has 1 saturated heterocycles. The van der Waals surface area contributed by atoms with Gasteiger partial charge >= 0.3 is 0 Å². The summed E-state index contributed by atoms with van der Waals surface area (Å²) in [5.74, 6) is 2.40. The molecule has 2 aromatic carbocycles. The second kappa shape index (κ2) is 7.72. The van der Waals surface area contributed by atoms with Gasteiger partial charge < -0.3 is 14.4 Å². The minimum atomic E-state index is -0.00337. The van der Waals surface area contributed by atoms with Crippen LogP contribution in [0.3, 0.4) is 0 Å². The van der Waals surface area contributed by atoms with Crippen LogP contribution < -0.4 is 9.47 Å². The third-order valence-corrected chi connectivity index (χ3v) is 5.18. The van der Waals surface area contributed by atoms with Crippen molar-refractivity contribution in [2.24, 2.45) is 0 Å². The van der Waals surface area contributed by atoms with E-state index < -0.39 is 0 Å². The van der Waals surface area contributed by atoms with Gasteiger partial charge in [0.15, 0.2) is 5.82 Å². The van der Waals surface area contributed by atoms with Gasteiger partial charge in [-0.25, -0.2) is 4.98 Å². The molecule has 0 radical (unpaired) electrons. The molecular weight excluding hydrogens is 356 g/mol. The van der Waals surface area contributed by atoms with Crippen molar-refractivity contribution < 1.29 is 14.3 Å². The van der Waals surface area contributed by atoms with Crippen LogP contribution in [0.25, 0.3) is 11.4 Å². The number of carbonyl (C=O) groups excluding carboxylic acids is 1. The van der Waals surface area contributed by atoms with E-state index >= 15 is 0 Å². The van der Waals surface area contributed by atoms with Gasteiger partial charge in [-0.3, -0.25) is 9.89 Å². The molecule has 4 rings (SSSR count). The number of methoxy groups -OCH3 is 2. The van der Waals surface area contributed by atoms with Gasteiger partial charge in [0.05, 0.1) is 19.8 Å². The average Bonchev–Trinajstić information content (AvgIpc) is 3.45. The molecule has 0 aliphatic carbocycles. The van der Waals surface area contributed by atoms with Crippen molar-refractivity contribution in [3.63, 3.8) is 0 Å². The van der Waals surface area contributed by atoms with Gasteiger partial charge in [-0.05, 0) is 30.7 Å². The van der Waals surface area contributed by atoms with Gasteiger partial charge in [-0.1, -0.05) is 18.2 Å². The van der Waals surface area contributed by atoms with Crippen LogP contribution in [-0.4, -0.2) is 53.3 Å². The van der Waals surface area contributed by atoms with Gasteiger partial charge in [-0.2, -0.15) is 5.10 Å². The van der Waals surface area contributed by atoms with Crippen molar-refractivity contribution in [2.75, 3.05) is 27.3 Å². The SMILES string of the molecule is COc1ccc(OC)c(C2CCN(C(=O)c3ccccc3-c3ncn[nH]3)C2)c1. The molecule has 1 N–H and O–H groups in total. The van der Waals surface area contributed by atoms with E-state index in [0.29, 0.717) is 24.5 Å². The third kappa shape index (κ3) is 3.31. The van der Waals surface area contributed by atoms with Crippen molar-refractivity contribution in [3.05, 3.63) is 59.9 Å². The first-order valence-electron chi connectivity index (χ1n) is 9.17. The van der Waals surface area contributed by atoms with Gasteiger partial charge in [0.25, 0.3) is 5.91 Å². The van der Waals surface area contributed by atoms with E-state index in [1.165, 1.54) is 6.33 Å². The molecule has 1 atom stereocenters. The lowest BCUT2D eigenvalue weighted by atomic mass is 9.97. The molecule has 1 amide bonds. The number of nitrogens with zero attached hydrogens (tertiary/aromatic N) is 3. The lowest BCUT2D eigenvalue weighted by Crippen LogP contribution is -2.29. The van der Waals surface area contributed by atoms with E-state index in [-0.39, 0.29) is 11.8 Å². The maximum Gasteiger partial charge on any atom is 0.254 e. The number of nitrogens with one attached hydrogen (secondary N) is 1. The average molecular weight is 378 g/mol. The Bertz CT molecular complexity index is 972. The van der Waals surface area contributed by atoms with Crippen LogP contribution in [0, 0.1) is 0 Å². The van der Waals surface area contributed by atoms with Gasteiger partial charge in [0.1, 0.15) is 17.8 Å². The summed E-state index contributed by atoms with van der Waals surface area (Å²) in [5, 5.41) is 6.74. The fourth-order valence-electron chi connectivity index (χ4n) is 3.74. The van der Waals surface area contributed by atoms with Crippen molar-refractivity contribution >= 4 is 5.91 Å². The van der Waals surface area contributed by atoms with Crippen LogP contribution >= 0.6 is 0 Å². The quantitative estimate of drug-likeness (QED) is 0.738. The highest BCUT2D eigenvalue weighted by Crippen LogP contribution is 2.36. The molecule has 7 heteroatoms. The van der Waals surface area contributed by atoms with Crippen molar-refractivity contribution in [2.45, 2.75) is 12.3 Å². The molecular formula is C21H22N4O3. The van der Waals surface area contributed by atoms with Gasteiger partial charge in [-0.15, -0.1) is 0 Å². The number of hydrogen-bond donors (Lipinski definition) is 1. The molecule has 144 valence electrons. The van der Waals surface area contributed by atoms with Crippen LogP contribution in [0.1, 0.15) is 28.3 Å². The van der Waals surface area contributed by atoms with E-state index in [4.69, 9.17) is 9.47 Å². The summed E-state index contributed by atoms with van der Waals surface area (Å²) in [5.41, 5.74) is 2.45. The summed E-state index contributed by atoms with van der Waals surface area (Å²) in [6.45, 7) is 1.32. The molecule has 7 nitrogen and oxygen atoms in total. The Morgan fingerprint density at radius 2 is 2.04 bits per heavy atom. The number of carbonyl (C=O) groups is 1. The standard InChI is InChI=1S/C21H22N4O3/c1-27-15-7-8-19(28-2)18(11-15)14-9-10-25(12-14)21(26)17-6-4-3-5-16(17)20-22-13-23-24-20/h3-8,11,13-14H,9-10,12H2,1-2H3,(H,22,23,24). The highest BCUT2D eigenvalue weighted by Gasteiger charge is 2.31. The molecule has 28 heavy (non-hydrogen) atoms. The first-order valence-corrected chi connectivity index (χ1v) is 9.17. The fourth-order valence-corrected chi connectivity index (χ4v) is 3.74. The van der Waals surface area contributed by atoms with Crippen LogP contribution in [0.5, 0.6) is 11.5 Å². The number of rotatable bonds is 5. The lowest BCUT2D eigenvalue weighted by molar-refractivity contribution is 0.0791. The highest BCUT2D eigenvalue weighted by molar-refractivity contribution is 6.00. The summed E-state index contributed by atoms with van der Waals surface area (Å²) >= 11 is 0. The molecule has 1 aromatic heterocycles. The Labute approximate surface area is 163 Å². The summed E-state index contributed by atoms with van der Waals surface area (Å²) in [4.78, 5) is 19.3. The molecule has 2 heterocycles. The van der Waals surface area contributed by atoms with E-state index in [9.17, 15) is 4.79 Å². The lowest BCUT2D eigenvalue weighted by Gasteiger charge is -2.19. The maximum absolute atomic E-state index is 13.2. The zero-order valence-corrected chi connectivity index (χ0v) is 15.9. The maximum atomic E-state index is 13.2. The summed E-state index contributed by atoms with van der Waals surface area (Å²) in [7, 11) is 3.31. The Kier molecular flexibility index (Phi) is 4.97. The monoisotopic (exact) mass is 378 g/mol. The molecule has 0 spiro atoms. The van der Waals surface area contributed by atoms with E-state index in [1.54, 1.807) is 14.2 Å². The van der Waals surface area contributed by atoms with E-state index in [0.717, 1.165) is 29.0 Å². The Balaban J connectivity index is 1.58. The van der Waals surface area contributed by atoms with Crippen molar-refractivity contribution in [1.29, 1.82) is 0 Å². The number of hydrogen-bond acceptors (Lipinski definition) is 5. The number of benzene rings is 2. The Hall–Kier alpha value is -3.35. The van der Waals surface area contributed by atoms with Gasteiger partial charge in [0, 0.05) is 30.1 Å². The normalized spacial score (nSPS) is 16.2. The first-order chi connectivity index (χ1) is 13.7. The molecule has 3 aromatic rings. The molecule has 1 aliphatic heterocycles. The topological polar surface area (TPSA) is 80.3 Å². The predicted octanol–water partition coefficient (Wildman–Crippen LogP) is 3.12. The number of aromatic amines is 1. The highest BCUT2D eigenvalue weighted by atomic mass is 16.5. The smallest absolute Gasteiger partial charge is 0.254 e. The van der Waals surface area contributed by atoms with Gasteiger partial charge in [0.2, 0.25) is 0 Å². The van der Waals surface area contributed by atoms with Crippen molar-refractivity contribution in [1.82, 2.24) is 20.1 Å². The van der Waals surface area contributed by atoms with Crippen molar-refractivity contribution in [3.8, 4) is 22.9 Å². The molecule has 1 fully saturated rings. The number of H-pyrrole nitrogens is 1. The number of ether oxygens (including phenoxy) is 2. The minimum absolute atomic E-state index is 0.00337. The van der Waals surface area contributed by atoms with Crippen LogP contribution in [0.15, 0.2) is 48.8 Å². The van der Waals surface area contributed by atoms with Crippen LogP contribution in [0.4, 0.5) is 0 Å². The number of amides is 1. The van der Waals surface area contributed by atoms with Crippen LogP contribution in [-0.2, 0) is 0 Å². The molecule has 0 saturated carbocycles. The second-order valence-electron chi connectivity index (χ2n) is 6.72.